The maximum absolute atomic E-state index is 13.1. The van der Waals surface area contributed by atoms with Gasteiger partial charge >= 0.3 is 0 Å². The van der Waals surface area contributed by atoms with E-state index in [1.165, 1.54) is 0 Å². The molecule has 0 spiro atoms. The number of para-hydroxylation sites is 1. The van der Waals surface area contributed by atoms with Gasteiger partial charge in [0.25, 0.3) is 5.91 Å². The predicted octanol–water partition coefficient (Wildman–Crippen LogP) is 3.49. The first-order chi connectivity index (χ1) is 13.7. The van der Waals surface area contributed by atoms with E-state index in [0.29, 0.717) is 30.4 Å². The molecule has 1 amide bonds. The highest BCUT2D eigenvalue weighted by Gasteiger charge is 2.37. The topological polar surface area (TPSA) is 87.9 Å². The van der Waals surface area contributed by atoms with Gasteiger partial charge in [-0.2, -0.15) is 4.98 Å². The van der Waals surface area contributed by atoms with Gasteiger partial charge in [-0.3, -0.25) is 9.78 Å². The number of aromatic nitrogens is 4. The van der Waals surface area contributed by atoms with Crippen molar-refractivity contribution in [3.05, 3.63) is 66.4 Å². The lowest BCUT2D eigenvalue weighted by molar-refractivity contribution is 0.0788. The summed E-state index contributed by atoms with van der Waals surface area (Å²) in [6.07, 6.45) is 5.20. The molecule has 0 bridgehead atoms. The number of aromatic amines is 1. The summed E-state index contributed by atoms with van der Waals surface area (Å²) in [4.78, 5) is 26.8. The Bertz CT molecular complexity index is 1130. The smallest absolute Gasteiger partial charge is 0.256 e. The number of amides is 1. The molecule has 7 nitrogen and oxygen atoms in total. The van der Waals surface area contributed by atoms with Crippen molar-refractivity contribution >= 4 is 16.8 Å². The van der Waals surface area contributed by atoms with Crippen molar-refractivity contribution in [1.82, 2.24) is 25.0 Å². The van der Waals surface area contributed by atoms with Gasteiger partial charge in [0.2, 0.25) is 11.7 Å². The lowest BCUT2D eigenvalue weighted by Crippen LogP contribution is -2.28. The van der Waals surface area contributed by atoms with Gasteiger partial charge in [-0.25, -0.2) is 0 Å². The lowest BCUT2D eigenvalue weighted by atomic mass is 9.98. The van der Waals surface area contributed by atoms with Crippen LogP contribution in [0.2, 0.25) is 0 Å². The second kappa shape index (κ2) is 6.60. The number of likely N-dealkylation sites (tertiary alicyclic amines) is 1. The van der Waals surface area contributed by atoms with E-state index in [0.717, 1.165) is 16.5 Å². The van der Waals surface area contributed by atoms with Crippen LogP contribution in [0.4, 0.5) is 0 Å². The molecule has 4 aromatic rings. The van der Waals surface area contributed by atoms with E-state index < -0.39 is 0 Å². The van der Waals surface area contributed by atoms with Crippen molar-refractivity contribution in [3.8, 4) is 11.4 Å². The third kappa shape index (κ3) is 2.76. The van der Waals surface area contributed by atoms with Crippen LogP contribution in [0.5, 0.6) is 0 Å². The molecule has 1 aromatic carbocycles. The summed E-state index contributed by atoms with van der Waals surface area (Å²) in [7, 11) is 0. The molecule has 1 aliphatic rings. The molecule has 3 aromatic heterocycles. The second-order valence-electron chi connectivity index (χ2n) is 7.24. The van der Waals surface area contributed by atoms with Crippen LogP contribution in [0.25, 0.3) is 22.3 Å². The predicted molar refractivity (Wildman–Crippen MR) is 104 cm³/mol. The Morgan fingerprint density at radius 3 is 2.96 bits per heavy atom. The van der Waals surface area contributed by atoms with Crippen LogP contribution in [0.15, 0.2) is 59.5 Å². The number of fused-ring (bicyclic) bond motifs is 1. The highest BCUT2D eigenvalue weighted by atomic mass is 16.5. The number of hydrogen-bond acceptors (Lipinski definition) is 5. The van der Waals surface area contributed by atoms with E-state index in [2.05, 4.69) is 27.0 Å². The van der Waals surface area contributed by atoms with E-state index in [9.17, 15) is 4.79 Å². The van der Waals surface area contributed by atoms with Crippen molar-refractivity contribution in [3.63, 3.8) is 0 Å². The van der Waals surface area contributed by atoms with Crippen LogP contribution in [0, 0.1) is 5.92 Å². The molecule has 7 heteroatoms. The number of nitrogens with zero attached hydrogens (tertiary/aromatic N) is 4. The Morgan fingerprint density at radius 1 is 1.21 bits per heavy atom. The van der Waals surface area contributed by atoms with E-state index in [4.69, 9.17) is 4.52 Å². The molecule has 5 rings (SSSR count). The van der Waals surface area contributed by atoms with Crippen molar-refractivity contribution in [1.29, 1.82) is 0 Å². The highest BCUT2D eigenvalue weighted by Crippen LogP contribution is 2.34. The number of nitrogens with one attached hydrogen (secondary N) is 1. The minimum absolute atomic E-state index is 0.0204. The molecular weight excluding hydrogens is 354 g/mol. The van der Waals surface area contributed by atoms with Crippen LogP contribution in [-0.4, -0.2) is 44.0 Å². The van der Waals surface area contributed by atoms with Crippen molar-refractivity contribution < 1.29 is 9.32 Å². The molecule has 1 fully saturated rings. The van der Waals surface area contributed by atoms with Gasteiger partial charge in [0.15, 0.2) is 0 Å². The molecule has 140 valence electrons. The minimum atomic E-state index is 0.0204. The molecule has 28 heavy (non-hydrogen) atoms. The van der Waals surface area contributed by atoms with Gasteiger partial charge in [-0.1, -0.05) is 30.3 Å². The molecule has 1 saturated heterocycles. The Kier molecular flexibility index (Phi) is 3.93. The second-order valence-corrected chi connectivity index (χ2v) is 7.24. The molecule has 0 radical (unpaired) electrons. The standard InChI is InChI=1S/C21H19N5O2/c1-13-11-26(21(27)16-10-23-18-7-3-2-6-15(16)18)12-17(13)20-24-19(25-28-20)14-5-4-8-22-9-14/h2-10,13,17,23H,11-12H2,1H3/t13-,17-/m0/s1. The highest BCUT2D eigenvalue weighted by molar-refractivity contribution is 6.06. The first-order valence-corrected chi connectivity index (χ1v) is 9.30. The fraction of sp³-hybridized carbons (Fsp3) is 0.238. The molecule has 0 aliphatic carbocycles. The summed E-state index contributed by atoms with van der Waals surface area (Å²) >= 11 is 0. The van der Waals surface area contributed by atoms with Crippen LogP contribution >= 0.6 is 0 Å². The van der Waals surface area contributed by atoms with E-state index in [1.807, 2.05) is 41.3 Å². The zero-order valence-corrected chi connectivity index (χ0v) is 15.4. The zero-order valence-electron chi connectivity index (χ0n) is 15.4. The Hall–Kier alpha value is -3.48. The molecule has 4 heterocycles. The molecule has 1 N–H and O–H groups in total. The van der Waals surface area contributed by atoms with Crippen molar-refractivity contribution in [2.24, 2.45) is 5.92 Å². The normalized spacial score (nSPS) is 19.4. The third-order valence-corrected chi connectivity index (χ3v) is 5.40. The first kappa shape index (κ1) is 16.7. The van der Waals surface area contributed by atoms with Gasteiger partial charge < -0.3 is 14.4 Å². The molecule has 0 unspecified atom stereocenters. The minimum Gasteiger partial charge on any atom is -0.360 e. The summed E-state index contributed by atoms with van der Waals surface area (Å²) in [5.41, 5.74) is 2.48. The SMILES string of the molecule is C[C@H]1CN(C(=O)c2c[nH]c3ccccc23)C[C@@H]1c1nc(-c2cccnc2)no1. The van der Waals surface area contributed by atoms with E-state index >= 15 is 0 Å². The number of carbonyl (C=O) groups excluding carboxylic acids is 1. The van der Waals surface area contributed by atoms with Gasteiger partial charge in [-0.15, -0.1) is 0 Å². The molecule has 0 saturated carbocycles. The quantitative estimate of drug-likeness (QED) is 0.594. The Morgan fingerprint density at radius 2 is 2.11 bits per heavy atom. The number of carbonyl (C=O) groups is 1. The Balaban J connectivity index is 1.38. The number of rotatable bonds is 3. The Labute approximate surface area is 161 Å². The summed E-state index contributed by atoms with van der Waals surface area (Å²) in [6.45, 7) is 3.34. The fourth-order valence-corrected chi connectivity index (χ4v) is 3.87. The van der Waals surface area contributed by atoms with Gasteiger partial charge in [0, 0.05) is 48.1 Å². The van der Waals surface area contributed by atoms with Crippen LogP contribution in [-0.2, 0) is 0 Å². The van der Waals surface area contributed by atoms with E-state index in [1.54, 1.807) is 18.6 Å². The lowest BCUT2D eigenvalue weighted by Gasteiger charge is -2.15. The summed E-state index contributed by atoms with van der Waals surface area (Å²) in [6, 6.07) is 11.6. The molecule has 2 atom stereocenters. The monoisotopic (exact) mass is 373 g/mol. The van der Waals surface area contributed by atoms with Crippen LogP contribution in [0.3, 0.4) is 0 Å². The fourth-order valence-electron chi connectivity index (χ4n) is 3.87. The number of H-pyrrole nitrogens is 1. The maximum atomic E-state index is 13.1. The largest absolute Gasteiger partial charge is 0.360 e. The summed E-state index contributed by atoms with van der Waals surface area (Å²) < 4.78 is 5.53. The maximum Gasteiger partial charge on any atom is 0.256 e. The van der Waals surface area contributed by atoms with Crippen molar-refractivity contribution in [2.75, 3.05) is 13.1 Å². The van der Waals surface area contributed by atoms with Gasteiger partial charge in [0.1, 0.15) is 0 Å². The van der Waals surface area contributed by atoms with Gasteiger partial charge in [-0.05, 0) is 24.1 Å². The number of pyridine rings is 1. The van der Waals surface area contributed by atoms with Crippen LogP contribution < -0.4 is 0 Å². The third-order valence-electron chi connectivity index (χ3n) is 5.40. The molecule has 1 aliphatic heterocycles. The zero-order chi connectivity index (χ0) is 19.1. The number of hydrogen-bond donors (Lipinski definition) is 1. The molecular formula is C21H19N5O2. The summed E-state index contributed by atoms with van der Waals surface area (Å²) in [5, 5.41) is 5.04. The van der Waals surface area contributed by atoms with Gasteiger partial charge in [0.05, 0.1) is 11.5 Å². The summed E-state index contributed by atoms with van der Waals surface area (Å²) in [5.74, 6) is 1.37. The van der Waals surface area contributed by atoms with Crippen LogP contribution in [0.1, 0.15) is 29.1 Å². The first-order valence-electron chi connectivity index (χ1n) is 9.30. The van der Waals surface area contributed by atoms with Crippen molar-refractivity contribution in [2.45, 2.75) is 12.8 Å². The average Bonchev–Trinajstić information content (AvgIpc) is 3.46. The number of benzene rings is 1. The van der Waals surface area contributed by atoms with E-state index in [-0.39, 0.29) is 17.7 Å². The average molecular weight is 373 g/mol.